The van der Waals surface area contributed by atoms with Crippen molar-refractivity contribution < 1.29 is 9.57 Å². The van der Waals surface area contributed by atoms with Crippen LogP contribution in [0, 0.1) is 5.92 Å². The molecule has 78 valence electrons. The molecule has 1 aromatic carbocycles. The van der Waals surface area contributed by atoms with Crippen LogP contribution in [0.4, 0.5) is 0 Å². The number of hydrogen-bond donors (Lipinski definition) is 0. The first-order valence-corrected chi connectivity index (χ1v) is 5.24. The van der Waals surface area contributed by atoms with Crippen LogP contribution >= 0.6 is 0 Å². The highest BCUT2D eigenvalue weighted by Gasteiger charge is 2.33. The van der Waals surface area contributed by atoms with Crippen molar-refractivity contribution in [1.82, 2.24) is 0 Å². The second-order valence-corrected chi connectivity index (χ2v) is 4.05. The molecule has 0 fully saturated rings. The fraction of sp³-hybridized carbons (Fsp3) is 0.417. The number of aryl methyl sites for hydroxylation is 1. The molecule has 0 unspecified atom stereocenters. The van der Waals surface area contributed by atoms with E-state index in [1.54, 1.807) is 7.11 Å². The number of ether oxygens (including phenoxy) is 1. The predicted octanol–water partition coefficient (Wildman–Crippen LogP) is 2.31. The van der Waals surface area contributed by atoms with Gasteiger partial charge in [0.25, 0.3) is 0 Å². The number of methoxy groups -OCH3 is 1. The summed E-state index contributed by atoms with van der Waals surface area (Å²) in [5.41, 5.74) is 2.60. The van der Waals surface area contributed by atoms with Crippen molar-refractivity contribution in [3.8, 4) is 5.75 Å². The van der Waals surface area contributed by atoms with Crippen LogP contribution in [0.3, 0.4) is 0 Å². The molecule has 1 aromatic rings. The molecule has 3 heteroatoms. The highest BCUT2D eigenvalue weighted by molar-refractivity contribution is 5.64. The van der Waals surface area contributed by atoms with Gasteiger partial charge in [-0.25, -0.2) is 0 Å². The number of benzene rings is 1. The Labute approximate surface area is 88.7 Å². The Kier molecular flexibility index (Phi) is 1.91. The van der Waals surface area contributed by atoms with Crippen LogP contribution in [0.25, 0.3) is 0 Å². The topological polar surface area (TPSA) is 30.8 Å². The van der Waals surface area contributed by atoms with E-state index in [4.69, 9.17) is 9.57 Å². The summed E-state index contributed by atoms with van der Waals surface area (Å²) in [7, 11) is 1.70. The van der Waals surface area contributed by atoms with Gasteiger partial charge in [0.1, 0.15) is 5.75 Å². The Morgan fingerprint density at radius 1 is 1.47 bits per heavy atom. The minimum atomic E-state index is 0.139. The maximum Gasteiger partial charge on any atom is 0.160 e. The van der Waals surface area contributed by atoms with E-state index in [1.807, 2.05) is 12.3 Å². The van der Waals surface area contributed by atoms with E-state index in [9.17, 15) is 0 Å². The maximum absolute atomic E-state index is 5.39. The molecule has 0 saturated carbocycles. The first kappa shape index (κ1) is 8.77. The normalized spacial score (nSPS) is 26.7. The van der Waals surface area contributed by atoms with Gasteiger partial charge in [-0.05, 0) is 36.1 Å². The maximum atomic E-state index is 5.39. The summed E-state index contributed by atoms with van der Waals surface area (Å²) in [6.07, 6.45) is 4.27. The number of nitrogens with zero attached hydrogens (tertiary/aromatic N) is 1. The molecule has 0 amide bonds. The molecule has 0 spiro atoms. The van der Waals surface area contributed by atoms with Crippen molar-refractivity contribution in [2.24, 2.45) is 11.1 Å². The largest absolute Gasteiger partial charge is 0.497 e. The molecule has 0 bridgehead atoms. The quantitative estimate of drug-likeness (QED) is 0.701. The van der Waals surface area contributed by atoms with Gasteiger partial charge in [-0.3, -0.25) is 0 Å². The molecule has 0 aromatic heterocycles. The van der Waals surface area contributed by atoms with Crippen molar-refractivity contribution in [2.75, 3.05) is 7.11 Å². The molecule has 3 rings (SSSR count). The summed E-state index contributed by atoms with van der Waals surface area (Å²) >= 11 is 0. The molecule has 1 heterocycles. The van der Waals surface area contributed by atoms with Crippen LogP contribution in [0.15, 0.2) is 23.4 Å². The number of hydrogen-bond acceptors (Lipinski definition) is 3. The molecule has 2 atom stereocenters. The fourth-order valence-electron chi connectivity index (χ4n) is 2.37. The minimum Gasteiger partial charge on any atom is -0.497 e. The molecule has 1 aliphatic carbocycles. The lowest BCUT2D eigenvalue weighted by Crippen LogP contribution is -2.18. The van der Waals surface area contributed by atoms with Gasteiger partial charge in [-0.1, -0.05) is 11.2 Å². The van der Waals surface area contributed by atoms with Crippen LogP contribution in [-0.4, -0.2) is 13.3 Å². The lowest BCUT2D eigenvalue weighted by molar-refractivity contribution is 0.0541. The van der Waals surface area contributed by atoms with Gasteiger partial charge in [0.05, 0.1) is 13.3 Å². The third kappa shape index (κ3) is 1.30. The van der Waals surface area contributed by atoms with E-state index in [2.05, 4.69) is 17.3 Å². The van der Waals surface area contributed by atoms with Crippen molar-refractivity contribution in [1.29, 1.82) is 0 Å². The zero-order valence-electron chi connectivity index (χ0n) is 8.64. The molecule has 0 radical (unpaired) electrons. The molecule has 0 N–H and O–H groups in total. The van der Waals surface area contributed by atoms with Crippen molar-refractivity contribution >= 4 is 6.21 Å². The summed E-state index contributed by atoms with van der Waals surface area (Å²) in [5, 5.41) is 3.91. The van der Waals surface area contributed by atoms with Gasteiger partial charge < -0.3 is 9.57 Å². The SMILES string of the molecule is COc1ccc2c(c1)CC[C@H]1C=NO[C@@H]21. The lowest BCUT2D eigenvalue weighted by Gasteiger charge is -2.25. The van der Waals surface area contributed by atoms with Gasteiger partial charge in [-0.15, -0.1) is 0 Å². The standard InChI is InChI=1S/C12H13NO2/c1-14-10-4-5-11-8(6-10)2-3-9-7-13-15-12(9)11/h4-7,9,12H,2-3H2,1H3/t9-,12+/m0/s1. The molecule has 2 aliphatic rings. The van der Waals surface area contributed by atoms with Crippen molar-refractivity contribution in [2.45, 2.75) is 18.9 Å². The summed E-state index contributed by atoms with van der Waals surface area (Å²) in [4.78, 5) is 5.39. The molecular weight excluding hydrogens is 190 g/mol. The van der Waals surface area contributed by atoms with E-state index in [1.165, 1.54) is 11.1 Å². The zero-order chi connectivity index (χ0) is 10.3. The van der Waals surface area contributed by atoms with Crippen molar-refractivity contribution in [3.63, 3.8) is 0 Å². The van der Waals surface area contributed by atoms with Gasteiger partial charge in [0.15, 0.2) is 6.10 Å². The lowest BCUT2D eigenvalue weighted by atomic mass is 9.82. The third-order valence-electron chi connectivity index (χ3n) is 3.22. The van der Waals surface area contributed by atoms with E-state index in [0.717, 1.165) is 18.6 Å². The van der Waals surface area contributed by atoms with E-state index in [-0.39, 0.29) is 6.10 Å². The van der Waals surface area contributed by atoms with E-state index < -0.39 is 0 Å². The van der Waals surface area contributed by atoms with Crippen LogP contribution < -0.4 is 4.74 Å². The Bertz CT molecular complexity index is 414. The predicted molar refractivity (Wildman–Crippen MR) is 57.1 cm³/mol. The summed E-state index contributed by atoms with van der Waals surface area (Å²) in [6, 6.07) is 6.19. The average Bonchev–Trinajstić information content (AvgIpc) is 2.76. The Balaban J connectivity index is 2.01. The fourth-order valence-corrected chi connectivity index (χ4v) is 2.37. The number of fused-ring (bicyclic) bond motifs is 3. The first-order chi connectivity index (χ1) is 7.38. The first-order valence-electron chi connectivity index (χ1n) is 5.24. The summed E-state index contributed by atoms with van der Waals surface area (Å²) < 4.78 is 5.22. The second kappa shape index (κ2) is 3.26. The third-order valence-corrected chi connectivity index (χ3v) is 3.22. The van der Waals surface area contributed by atoms with E-state index in [0.29, 0.717) is 5.92 Å². The second-order valence-electron chi connectivity index (χ2n) is 4.05. The highest BCUT2D eigenvalue weighted by atomic mass is 16.6. The van der Waals surface area contributed by atoms with Crippen LogP contribution in [0.1, 0.15) is 23.7 Å². The smallest absolute Gasteiger partial charge is 0.160 e. The molecule has 3 nitrogen and oxygen atoms in total. The monoisotopic (exact) mass is 203 g/mol. The number of oxime groups is 1. The van der Waals surface area contributed by atoms with Gasteiger partial charge in [0.2, 0.25) is 0 Å². The minimum absolute atomic E-state index is 0.139. The van der Waals surface area contributed by atoms with Crippen LogP contribution in [0.5, 0.6) is 5.75 Å². The molecule has 1 aliphatic heterocycles. The van der Waals surface area contributed by atoms with Gasteiger partial charge in [0, 0.05) is 5.92 Å². The van der Waals surface area contributed by atoms with Gasteiger partial charge in [-0.2, -0.15) is 0 Å². The Hall–Kier alpha value is -1.51. The van der Waals surface area contributed by atoms with Gasteiger partial charge >= 0.3 is 0 Å². The Morgan fingerprint density at radius 2 is 2.40 bits per heavy atom. The Morgan fingerprint density at radius 3 is 3.27 bits per heavy atom. The highest BCUT2D eigenvalue weighted by Crippen LogP contribution is 2.40. The summed E-state index contributed by atoms with van der Waals surface area (Å²) in [5.74, 6) is 1.39. The molecule has 0 saturated heterocycles. The number of rotatable bonds is 1. The van der Waals surface area contributed by atoms with Crippen LogP contribution in [0.2, 0.25) is 0 Å². The molecule has 15 heavy (non-hydrogen) atoms. The molecular formula is C12H13NO2. The summed E-state index contributed by atoms with van der Waals surface area (Å²) in [6.45, 7) is 0. The van der Waals surface area contributed by atoms with E-state index >= 15 is 0 Å². The van der Waals surface area contributed by atoms with Crippen molar-refractivity contribution in [3.05, 3.63) is 29.3 Å². The average molecular weight is 203 g/mol. The van der Waals surface area contributed by atoms with Crippen LogP contribution in [-0.2, 0) is 11.3 Å². The zero-order valence-corrected chi connectivity index (χ0v) is 8.64.